The van der Waals surface area contributed by atoms with Gasteiger partial charge in [-0.2, -0.15) is 0 Å². The molecule has 0 saturated carbocycles. The molecule has 2 heterocycles. The molecule has 1 aliphatic rings. The smallest absolute Gasteiger partial charge is 0.270 e. The lowest BCUT2D eigenvalue weighted by atomic mass is 10.1. The molecule has 1 aromatic heterocycles. The van der Waals surface area contributed by atoms with Crippen LogP contribution in [0.1, 0.15) is 50.1 Å². The summed E-state index contributed by atoms with van der Waals surface area (Å²) in [6.07, 6.45) is 3.78. The third-order valence-electron chi connectivity index (χ3n) is 3.71. The number of likely N-dealkylation sites (tertiary alicyclic amines) is 1. The van der Waals surface area contributed by atoms with Crippen LogP contribution >= 0.6 is 15.9 Å². The van der Waals surface area contributed by atoms with Crippen LogP contribution < -0.4 is 5.32 Å². The van der Waals surface area contributed by atoms with Gasteiger partial charge in [0.2, 0.25) is 5.91 Å². The highest BCUT2D eigenvalue weighted by molar-refractivity contribution is 9.10. The Morgan fingerprint density at radius 2 is 2.14 bits per heavy atom. The van der Waals surface area contributed by atoms with Crippen LogP contribution in [0.2, 0.25) is 0 Å². The molecule has 1 aromatic rings. The number of amides is 2. The summed E-state index contributed by atoms with van der Waals surface area (Å²) >= 11 is 3.44. The molecule has 0 spiro atoms. The van der Waals surface area contributed by atoms with Crippen LogP contribution in [0, 0.1) is 0 Å². The lowest BCUT2D eigenvalue weighted by Gasteiger charge is -2.33. The van der Waals surface area contributed by atoms with Gasteiger partial charge in [-0.15, -0.1) is 0 Å². The van der Waals surface area contributed by atoms with E-state index >= 15 is 0 Å². The van der Waals surface area contributed by atoms with Crippen LogP contribution in [0.15, 0.2) is 16.7 Å². The van der Waals surface area contributed by atoms with Crippen molar-refractivity contribution in [2.45, 2.75) is 45.7 Å². The summed E-state index contributed by atoms with van der Waals surface area (Å²) in [6.45, 7) is 6.95. The zero-order chi connectivity index (χ0) is 15.6. The molecule has 2 rings (SSSR count). The normalized spacial score (nSPS) is 18.9. The van der Waals surface area contributed by atoms with E-state index in [1.807, 2.05) is 21.7 Å². The fourth-order valence-corrected chi connectivity index (χ4v) is 3.21. The predicted molar refractivity (Wildman–Crippen MR) is 85.3 cm³/mol. The molecule has 2 amide bonds. The molecule has 21 heavy (non-hydrogen) atoms. The highest BCUT2D eigenvalue weighted by Gasteiger charge is 2.27. The minimum Gasteiger partial charge on any atom is -0.352 e. The van der Waals surface area contributed by atoms with Crippen LogP contribution in [0.3, 0.4) is 0 Å². The first kappa shape index (κ1) is 16.1. The van der Waals surface area contributed by atoms with Gasteiger partial charge < -0.3 is 14.8 Å². The van der Waals surface area contributed by atoms with Gasteiger partial charge in [-0.25, -0.2) is 0 Å². The van der Waals surface area contributed by atoms with Gasteiger partial charge in [-0.1, -0.05) is 0 Å². The van der Waals surface area contributed by atoms with Crippen molar-refractivity contribution < 1.29 is 9.59 Å². The third-order valence-corrected chi connectivity index (χ3v) is 4.14. The van der Waals surface area contributed by atoms with Crippen molar-refractivity contribution in [1.82, 2.24) is 14.8 Å². The van der Waals surface area contributed by atoms with E-state index in [4.69, 9.17) is 0 Å². The van der Waals surface area contributed by atoms with Gasteiger partial charge in [0.05, 0.1) is 0 Å². The SMILES string of the molecule is CC(=O)NC1CCCN(C(=O)c2cc(Br)cn2C(C)C)C1. The van der Waals surface area contributed by atoms with E-state index in [2.05, 4.69) is 35.1 Å². The molecule has 5 nitrogen and oxygen atoms in total. The van der Waals surface area contributed by atoms with Gasteiger partial charge in [0, 0.05) is 42.8 Å². The summed E-state index contributed by atoms with van der Waals surface area (Å²) in [6, 6.07) is 2.15. The van der Waals surface area contributed by atoms with Gasteiger partial charge in [-0.3, -0.25) is 9.59 Å². The Balaban J connectivity index is 2.14. The first-order chi connectivity index (χ1) is 9.88. The topological polar surface area (TPSA) is 54.3 Å². The summed E-state index contributed by atoms with van der Waals surface area (Å²) < 4.78 is 2.89. The zero-order valence-corrected chi connectivity index (χ0v) is 14.3. The monoisotopic (exact) mass is 355 g/mol. The van der Waals surface area contributed by atoms with E-state index in [0.29, 0.717) is 12.2 Å². The Bertz CT molecular complexity index is 539. The molecule has 1 saturated heterocycles. The van der Waals surface area contributed by atoms with Gasteiger partial charge in [-0.05, 0) is 48.7 Å². The van der Waals surface area contributed by atoms with Crippen LogP contribution in [-0.2, 0) is 4.79 Å². The first-order valence-corrected chi connectivity index (χ1v) is 8.11. The van der Waals surface area contributed by atoms with Gasteiger partial charge in [0.25, 0.3) is 5.91 Å². The number of hydrogen-bond donors (Lipinski definition) is 1. The fourth-order valence-electron chi connectivity index (χ4n) is 2.77. The Morgan fingerprint density at radius 3 is 2.76 bits per heavy atom. The lowest BCUT2D eigenvalue weighted by molar-refractivity contribution is -0.120. The second-order valence-electron chi connectivity index (χ2n) is 5.84. The molecular weight excluding hydrogens is 334 g/mol. The van der Waals surface area contributed by atoms with Crippen molar-refractivity contribution >= 4 is 27.7 Å². The summed E-state index contributed by atoms with van der Waals surface area (Å²) in [5.74, 6) is -0.00736. The molecular formula is C15H22BrN3O2. The summed E-state index contributed by atoms with van der Waals surface area (Å²) in [4.78, 5) is 25.8. The highest BCUT2D eigenvalue weighted by atomic mass is 79.9. The molecule has 0 bridgehead atoms. The molecule has 1 aliphatic heterocycles. The number of nitrogens with zero attached hydrogens (tertiary/aromatic N) is 2. The highest BCUT2D eigenvalue weighted by Crippen LogP contribution is 2.22. The standard InChI is InChI=1S/C15H22BrN3O2/c1-10(2)19-8-12(16)7-14(19)15(21)18-6-4-5-13(9-18)17-11(3)20/h7-8,10,13H,4-6,9H2,1-3H3,(H,17,20). The number of nitrogens with one attached hydrogen (secondary N) is 1. The van der Waals surface area contributed by atoms with Crippen molar-refractivity contribution in [2.75, 3.05) is 13.1 Å². The summed E-state index contributed by atoms with van der Waals surface area (Å²) in [7, 11) is 0. The summed E-state index contributed by atoms with van der Waals surface area (Å²) in [5.41, 5.74) is 0.695. The van der Waals surface area contributed by atoms with E-state index in [9.17, 15) is 9.59 Å². The molecule has 0 aliphatic carbocycles. The molecule has 116 valence electrons. The average molecular weight is 356 g/mol. The lowest BCUT2D eigenvalue weighted by Crippen LogP contribution is -2.49. The van der Waals surface area contributed by atoms with E-state index in [1.54, 1.807) is 0 Å². The molecule has 1 fully saturated rings. The Hall–Kier alpha value is -1.30. The number of rotatable bonds is 3. The van der Waals surface area contributed by atoms with E-state index in [-0.39, 0.29) is 23.9 Å². The minimum atomic E-state index is -0.0393. The van der Waals surface area contributed by atoms with Crippen LogP contribution in [0.25, 0.3) is 0 Å². The van der Waals surface area contributed by atoms with Gasteiger partial charge in [0.1, 0.15) is 5.69 Å². The second-order valence-corrected chi connectivity index (χ2v) is 6.75. The first-order valence-electron chi connectivity index (χ1n) is 7.32. The molecule has 1 unspecified atom stereocenters. The van der Waals surface area contributed by atoms with Crippen LogP contribution in [0.4, 0.5) is 0 Å². The Kier molecular flexibility index (Phi) is 5.08. The van der Waals surface area contributed by atoms with Crippen molar-refractivity contribution in [3.8, 4) is 0 Å². The fraction of sp³-hybridized carbons (Fsp3) is 0.600. The van der Waals surface area contributed by atoms with E-state index in [0.717, 1.165) is 23.9 Å². The van der Waals surface area contributed by atoms with Crippen molar-refractivity contribution in [3.63, 3.8) is 0 Å². The Morgan fingerprint density at radius 1 is 1.43 bits per heavy atom. The average Bonchev–Trinajstić information content (AvgIpc) is 2.80. The number of aromatic nitrogens is 1. The number of carbonyl (C=O) groups excluding carboxylic acids is 2. The third kappa shape index (κ3) is 3.87. The molecule has 1 N–H and O–H groups in total. The summed E-state index contributed by atoms with van der Waals surface area (Å²) in [5, 5.41) is 2.91. The Labute approximate surface area is 133 Å². The second kappa shape index (κ2) is 6.64. The molecule has 0 radical (unpaired) electrons. The maximum absolute atomic E-state index is 12.7. The number of halogens is 1. The predicted octanol–water partition coefficient (Wildman–Crippen LogP) is 2.57. The number of piperidine rings is 1. The zero-order valence-electron chi connectivity index (χ0n) is 12.7. The number of hydrogen-bond acceptors (Lipinski definition) is 2. The van der Waals surface area contributed by atoms with Gasteiger partial charge >= 0.3 is 0 Å². The van der Waals surface area contributed by atoms with Crippen molar-refractivity contribution in [3.05, 3.63) is 22.4 Å². The maximum atomic E-state index is 12.7. The van der Waals surface area contributed by atoms with Gasteiger partial charge in [0.15, 0.2) is 0 Å². The van der Waals surface area contributed by atoms with E-state index < -0.39 is 0 Å². The molecule has 1 atom stereocenters. The van der Waals surface area contributed by atoms with Crippen LogP contribution in [0.5, 0.6) is 0 Å². The van der Waals surface area contributed by atoms with Crippen molar-refractivity contribution in [1.29, 1.82) is 0 Å². The largest absolute Gasteiger partial charge is 0.352 e. The molecule has 0 aromatic carbocycles. The number of carbonyl (C=O) groups is 2. The van der Waals surface area contributed by atoms with Crippen molar-refractivity contribution in [2.24, 2.45) is 0 Å². The maximum Gasteiger partial charge on any atom is 0.270 e. The van der Waals surface area contributed by atoms with E-state index in [1.165, 1.54) is 6.92 Å². The molecule has 6 heteroatoms. The quantitative estimate of drug-likeness (QED) is 0.905. The van der Waals surface area contributed by atoms with Crippen LogP contribution in [-0.4, -0.2) is 40.4 Å². The minimum absolute atomic E-state index is 0.0319.